The van der Waals surface area contributed by atoms with Gasteiger partial charge in [-0.3, -0.25) is 0 Å². The summed E-state index contributed by atoms with van der Waals surface area (Å²) in [5.41, 5.74) is 3.18. The minimum Gasteiger partial charge on any atom is -0.312 e. The zero-order chi connectivity index (χ0) is 14.7. The molecule has 21 heavy (non-hydrogen) atoms. The van der Waals surface area contributed by atoms with Crippen LogP contribution in [-0.4, -0.2) is 6.54 Å². The molecule has 1 aliphatic rings. The van der Waals surface area contributed by atoms with E-state index >= 15 is 0 Å². The summed E-state index contributed by atoms with van der Waals surface area (Å²) in [4.78, 5) is 0. The Bertz CT molecular complexity index is 666. The van der Waals surface area contributed by atoms with Gasteiger partial charge in [-0.05, 0) is 48.2 Å². The van der Waals surface area contributed by atoms with E-state index in [1.165, 1.54) is 17.7 Å². The summed E-state index contributed by atoms with van der Waals surface area (Å²) in [6, 6.07) is 16.6. The molecule has 1 aliphatic carbocycles. The molecule has 0 saturated heterocycles. The smallest absolute Gasteiger partial charge is 0.123 e. The van der Waals surface area contributed by atoms with Gasteiger partial charge in [-0.2, -0.15) is 5.26 Å². The number of hydrogen-bond donors (Lipinski definition) is 1. The van der Waals surface area contributed by atoms with E-state index < -0.39 is 0 Å². The van der Waals surface area contributed by atoms with Crippen molar-refractivity contribution in [2.75, 3.05) is 6.54 Å². The molecule has 106 valence electrons. The Morgan fingerprint density at radius 1 is 1.14 bits per heavy atom. The normalized spacial score (nSPS) is 15.4. The molecule has 0 atom stereocenters. The summed E-state index contributed by atoms with van der Waals surface area (Å²) in [5.74, 6) is -0.184. The second-order valence-electron chi connectivity index (χ2n) is 5.70. The zero-order valence-corrected chi connectivity index (χ0v) is 11.8. The third kappa shape index (κ3) is 3.12. The summed E-state index contributed by atoms with van der Waals surface area (Å²) < 4.78 is 13.0. The lowest BCUT2D eigenvalue weighted by Crippen LogP contribution is -2.26. The van der Waals surface area contributed by atoms with E-state index in [0.29, 0.717) is 5.56 Å². The van der Waals surface area contributed by atoms with E-state index in [9.17, 15) is 4.39 Å². The quantitative estimate of drug-likeness (QED) is 0.909. The number of halogens is 1. The fourth-order valence-electron chi connectivity index (χ4n) is 2.72. The topological polar surface area (TPSA) is 35.8 Å². The van der Waals surface area contributed by atoms with Crippen molar-refractivity contribution in [2.24, 2.45) is 0 Å². The molecule has 1 N–H and O–H groups in total. The summed E-state index contributed by atoms with van der Waals surface area (Å²) in [6.45, 7) is 1.63. The average Bonchev–Trinajstić information content (AvgIpc) is 3.29. The molecular formula is C18H17FN2. The van der Waals surface area contributed by atoms with Gasteiger partial charge in [-0.1, -0.05) is 24.3 Å². The Balaban J connectivity index is 1.60. The first-order chi connectivity index (χ1) is 10.2. The molecule has 0 unspecified atom stereocenters. The Hall–Kier alpha value is -2.18. The van der Waals surface area contributed by atoms with Crippen molar-refractivity contribution in [3.63, 3.8) is 0 Å². The van der Waals surface area contributed by atoms with E-state index in [0.717, 1.165) is 31.5 Å². The number of hydrogen-bond acceptors (Lipinski definition) is 2. The highest BCUT2D eigenvalue weighted by Crippen LogP contribution is 2.47. The van der Waals surface area contributed by atoms with Gasteiger partial charge in [-0.25, -0.2) is 4.39 Å². The minimum atomic E-state index is -0.184. The zero-order valence-electron chi connectivity index (χ0n) is 11.8. The number of nitrogens with one attached hydrogen (secondary N) is 1. The molecule has 2 nitrogen and oxygen atoms in total. The van der Waals surface area contributed by atoms with Gasteiger partial charge in [0.2, 0.25) is 0 Å². The predicted octanol–water partition coefficient (Wildman–Crippen LogP) is 3.52. The van der Waals surface area contributed by atoms with E-state index in [1.54, 1.807) is 0 Å². The Kier molecular flexibility index (Phi) is 3.72. The Morgan fingerprint density at radius 3 is 2.57 bits per heavy atom. The maximum absolute atomic E-state index is 13.0. The lowest BCUT2D eigenvalue weighted by Gasteiger charge is -2.16. The van der Waals surface area contributed by atoms with Crippen LogP contribution < -0.4 is 5.32 Å². The van der Waals surface area contributed by atoms with Gasteiger partial charge in [0, 0.05) is 18.5 Å². The molecule has 0 aromatic heterocycles. The van der Waals surface area contributed by atoms with Crippen LogP contribution in [0.25, 0.3) is 0 Å². The first-order valence-corrected chi connectivity index (χ1v) is 7.18. The third-order valence-electron chi connectivity index (χ3n) is 4.16. The van der Waals surface area contributed by atoms with Crippen LogP contribution in [0.15, 0.2) is 48.5 Å². The fraction of sp³-hybridized carbons (Fsp3) is 0.278. The molecule has 0 amide bonds. The third-order valence-corrected chi connectivity index (χ3v) is 4.16. The first kappa shape index (κ1) is 13.8. The van der Waals surface area contributed by atoms with E-state index in [-0.39, 0.29) is 11.2 Å². The van der Waals surface area contributed by atoms with Gasteiger partial charge in [0.25, 0.3) is 0 Å². The molecule has 0 radical (unpaired) electrons. The highest BCUT2D eigenvalue weighted by atomic mass is 19.1. The summed E-state index contributed by atoms with van der Waals surface area (Å²) in [7, 11) is 0. The molecular weight excluding hydrogens is 263 g/mol. The van der Waals surface area contributed by atoms with Crippen LogP contribution in [-0.2, 0) is 12.0 Å². The van der Waals surface area contributed by atoms with Crippen LogP contribution in [0.2, 0.25) is 0 Å². The van der Waals surface area contributed by atoms with Gasteiger partial charge in [-0.15, -0.1) is 0 Å². The van der Waals surface area contributed by atoms with Gasteiger partial charge in [0.05, 0.1) is 11.6 Å². The summed E-state index contributed by atoms with van der Waals surface area (Å²) in [5, 5.41) is 12.4. The largest absolute Gasteiger partial charge is 0.312 e. The van der Waals surface area contributed by atoms with Crippen molar-refractivity contribution in [2.45, 2.75) is 24.8 Å². The minimum absolute atomic E-state index is 0.167. The lowest BCUT2D eigenvalue weighted by atomic mass is 9.96. The molecule has 0 heterocycles. The van der Waals surface area contributed by atoms with Crippen molar-refractivity contribution in [3.05, 3.63) is 71.0 Å². The maximum atomic E-state index is 13.0. The van der Waals surface area contributed by atoms with Crippen LogP contribution in [0.5, 0.6) is 0 Å². The average molecular weight is 280 g/mol. The van der Waals surface area contributed by atoms with Crippen LogP contribution >= 0.6 is 0 Å². The van der Waals surface area contributed by atoms with Crippen molar-refractivity contribution in [1.82, 2.24) is 5.32 Å². The van der Waals surface area contributed by atoms with Crippen LogP contribution in [0.4, 0.5) is 4.39 Å². The van der Waals surface area contributed by atoms with Gasteiger partial charge >= 0.3 is 0 Å². The molecule has 1 saturated carbocycles. The standard InChI is InChI=1S/C18H17FN2/c19-17-6-4-16(5-7-17)18(8-9-18)13-21-12-15-3-1-2-14(10-15)11-20/h1-7,10,21H,8-9,12-13H2. The Morgan fingerprint density at radius 2 is 1.90 bits per heavy atom. The highest BCUT2D eigenvalue weighted by Gasteiger charge is 2.43. The Labute approximate surface area is 124 Å². The first-order valence-electron chi connectivity index (χ1n) is 7.18. The summed E-state index contributed by atoms with van der Waals surface area (Å²) >= 11 is 0. The van der Waals surface area contributed by atoms with E-state index in [2.05, 4.69) is 11.4 Å². The monoisotopic (exact) mass is 280 g/mol. The summed E-state index contributed by atoms with van der Waals surface area (Å²) in [6.07, 6.45) is 2.29. The second kappa shape index (κ2) is 5.67. The van der Waals surface area contributed by atoms with Gasteiger partial charge < -0.3 is 5.32 Å². The van der Waals surface area contributed by atoms with Gasteiger partial charge in [0.15, 0.2) is 0 Å². The molecule has 0 spiro atoms. The lowest BCUT2D eigenvalue weighted by molar-refractivity contribution is 0.571. The molecule has 2 aromatic carbocycles. The molecule has 0 bridgehead atoms. The van der Waals surface area contributed by atoms with Crippen LogP contribution in [0, 0.1) is 17.1 Å². The number of benzene rings is 2. The van der Waals surface area contributed by atoms with Crippen LogP contribution in [0.1, 0.15) is 29.5 Å². The van der Waals surface area contributed by atoms with Crippen molar-refractivity contribution >= 4 is 0 Å². The molecule has 3 rings (SSSR count). The SMILES string of the molecule is N#Cc1cccc(CNCC2(c3ccc(F)cc3)CC2)c1. The molecule has 2 aromatic rings. The van der Waals surface area contributed by atoms with E-state index in [1.807, 2.05) is 36.4 Å². The van der Waals surface area contributed by atoms with Crippen molar-refractivity contribution in [1.29, 1.82) is 5.26 Å². The number of nitriles is 1. The van der Waals surface area contributed by atoms with Crippen LogP contribution in [0.3, 0.4) is 0 Å². The fourth-order valence-corrected chi connectivity index (χ4v) is 2.72. The second-order valence-corrected chi connectivity index (χ2v) is 5.70. The van der Waals surface area contributed by atoms with Crippen molar-refractivity contribution < 1.29 is 4.39 Å². The number of rotatable bonds is 5. The predicted molar refractivity (Wildman–Crippen MR) is 80.2 cm³/mol. The van der Waals surface area contributed by atoms with Gasteiger partial charge in [0.1, 0.15) is 5.82 Å². The molecule has 3 heteroatoms. The number of nitrogens with zero attached hydrogens (tertiary/aromatic N) is 1. The highest BCUT2D eigenvalue weighted by molar-refractivity contribution is 5.34. The molecule has 1 fully saturated rings. The van der Waals surface area contributed by atoms with E-state index in [4.69, 9.17) is 5.26 Å². The maximum Gasteiger partial charge on any atom is 0.123 e. The van der Waals surface area contributed by atoms with Crippen molar-refractivity contribution in [3.8, 4) is 6.07 Å². The molecule has 0 aliphatic heterocycles.